The quantitative estimate of drug-likeness (QED) is 0.814. The maximum Gasteiger partial charge on any atom is 0.258 e. The van der Waals surface area contributed by atoms with E-state index in [4.69, 9.17) is 9.47 Å². The lowest BCUT2D eigenvalue weighted by Gasteiger charge is -2.26. The molecule has 150 valence electrons. The number of nitrogens with zero attached hydrogens (tertiary/aromatic N) is 1. The molecule has 1 N–H and O–H groups in total. The maximum atomic E-state index is 14.2. The highest BCUT2D eigenvalue weighted by Crippen LogP contribution is 2.25. The van der Waals surface area contributed by atoms with E-state index >= 15 is 0 Å². The molecule has 2 aromatic rings. The lowest BCUT2D eigenvalue weighted by Crippen LogP contribution is -2.40. The van der Waals surface area contributed by atoms with Crippen LogP contribution < -0.4 is 10.1 Å². The number of carbonyl (C=O) groups is 1. The predicted molar refractivity (Wildman–Crippen MR) is 96.9 cm³/mol. The van der Waals surface area contributed by atoms with Gasteiger partial charge in [0.1, 0.15) is 22.3 Å². The van der Waals surface area contributed by atoms with Crippen molar-refractivity contribution in [3.8, 4) is 5.75 Å². The molecule has 0 radical (unpaired) electrons. The van der Waals surface area contributed by atoms with Gasteiger partial charge in [0.15, 0.2) is 0 Å². The number of sulfonamides is 1. The van der Waals surface area contributed by atoms with Crippen LogP contribution in [0.3, 0.4) is 0 Å². The van der Waals surface area contributed by atoms with Crippen molar-refractivity contribution < 1.29 is 31.5 Å². The van der Waals surface area contributed by atoms with Gasteiger partial charge in [-0.25, -0.2) is 17.2 Å². The number of carbonyl (C=O) groups excluding carboxylic acids is 1. The smallest absolute Gasteiger partial charge is 0.258 e. The summed E-state index contributed by atoms with van der Waals surface area (Å²) < 4.78 is 64.7. The molecule has 1 amide bonds. The van der Waals surface area contributed by atoms with Crippen LogP contribution in [0.2, 0.25) is 0 Å². The summed E-state index contributed by atoms with van der Waals surface area (Å²) in [4.78, 5) is 11.8. The van der Waals surface area contributed by atoms with Gasteiger partial charge in [-0.2, -0.15) is 4.31 Å². The van der Waals surface area contributed by atoms with Gasteiger partial charge < -0.3 is 14.8 Å². The van der Waals surface area contributed by atoms with Crippen LogP contribution in [0.15, 0.2) is 41.3 Å². The SMILES string of the molecule is COc1ccc(C(=O)Nc2ccc(F)c(S(=O)(=O)N3CCOCC3)c2)c(F)c1. The normalized spacial score (nSPS) is 15.2. The average molecular weight is 412 g/mol. The Morgan fingerprint density at radius 2 is 1.82 bits per heavy atom. The number of hydrogen-bond acceptors (Lipinski definition) is 5. The zero-order valence-electron chi connectivity index (χ0n) is 14.9. The summed E-state index contributed by atoms with van der Waals surface area (Å²) in [5.74, 6) is -2.31. The Labute approximate surface area is 160 Å². The fourth-order valence-electron chi connectivity index (χ4n) is 2.71. The molecule has 1 aliphatic heterocycles. The van der Waals surface area contributed by atoms with Gasteiger partial charge in [0.25, 0.3) is 5.91 Å². The second-order valence-electron chi connectivity index (χ2n) is 5.96. The van der Waals surface area contributed by atoms with Gasteiger partial charge in [0, 0.05) is 24.8 Å². The highest BCUT2D eigenvalue weighted by molar-refractivity contribution is 7.89. The molecular weight excluding hydrogens is 394 g/mol. The first-order valence-corrected chi connectivity index (χ1v) is 9.79. The number of ether oxygens (including phenoxy) is 2. The Kier molecular flexibility index (Phi) is 5.92. The molecule has 0 spiro atoms. The third kappa shape index (κ3) is 4.13. The molecule has 0 atom stereocenters. The van der Waals surface area contributed by atoms with Gasteiger partial charge in [0.2, 0.25) is 10.0 Å². The number of halogens is 2. The number of hydrogen-bond donors (Lipinski definition) is 1. The summed E-state index contributed by atoms with van der Waals surface area (Å²) in [6, 6.07) is 6.85. The number of benzene rings is 2. The Balaban J connectivity index is 1.86. The minimum absolute atomic E-state index is 0.0217. The van der Waals surface area contributed by atoms with Crippen molar-refractivity contribution in [2.75, 3.05) is 38.7 Å². The molecule has 2 aromatic carbocycles. The van der Waals surface area contributed by atoms with Crippen molar-refractivity contribution in [3.05, 3.63) is 53.6 Å². The monoisotopic (exact) mass is 412 g/mol. The van der Waals surface area contributed by atoms with Crippen molar-refractivity contribution in [2.45, 2.75) is 4.90 Å². The van der Waals surface area contributed by atoms with E-state index in [9.17, 15) is 22.0 Å². The average Bonchev–Trinajstić information content (AvgIpc) is 2.69. The lowest BCUT2D eigenvalue weighted by molar-refractivity contribution is 0.0729. The van der Waals surface area contributed by atoms with Gasteiger partial charge in [-0.3, -0.25) is 4.79 Å². The number of morpholine rings is 1. The summed E-state index contributed by atoms with van der Waals surface area (Å²) in [6.45, 7) is 0.646. The van der Waals surface area contributed by atoms with Crippen molar-refractivity contribution in [3.63, 3.8) is 0 Å². The minimum atomic E-state index is -4.10. The Morgan fingerprint density at radius 1 is 1.11 bits per heavy atom. The number of amides is 1. The second-order valence-corrected chi connectivity index (χ2v) is 7.87. The van der Waals surface area contributed by atoms with Crippen LogP contribution in [-0.4, -0.2) is 52.0 Å². The third-order valence-electron chi connectivity index (χ3n) is 4.20. The topological polar surface area (TPSA) is 84.9 Å². The van der Waals surface area contributed by atoms with Gasteiger partial charge in [-0.05, 0) is 30.3 Å². The Morgan fingerprint density at radius 3 is 2.46 bits per heavy atom. The van der Waals surface area contributed by atoms with Crippen LogP contribution >= 0.6 is 0 Å². The van der Waals surface area contributed by atoms with Crippen molar-refractivity contribution in [2.24, 2.45) is 0 Å². The first-order valence-electron chi connectivity index (χ1n) is 8.35. The van der Waals surface area contributed by atoms with E-state index in [2.05, 4.69) is 5.32 Å². The number of anilines is 1. The largest absolute Gasteiger partial charge is 0.497 e. The molecule has 0 unspecified atom stereocenters. The van der Waals surface area contributed by atoms with Crippen LogP contribution in [0.4, 0.5) is 14.5 Å². The highest BCUT2D eigenvalue weighted by Gasteiger charge is 2.29. The second kappa shape index (κ2) is 8.21. The summed E-state index contributed by atoms with van der Waals surface area (Å²) in [7, 11) is -2.73. The Hall–Kier alpha value is -2.56. The molecule has 3 rings (SSSR count). The van der Waals surface area contributed by atoms with Crippen molar-refractivity contribution >= 4 is 21.6 Å². The summed E-state index contributed by atoms with van der Waals surface area (Å²) in [6.07, 6.45) is 0. The molecule has 1 heterocycles. The first-order chi connectivity index (χ1) is 13.3. The number of methoxy groups -OCH3 is 1. The van der Waals surface area contributed by atoms with E-state index in [0.717, 1.165) is 22.5 Å². The standard InChI is InChI=1S/C18H18F2N2O5S/c1-26-13-3-4-14(16(20)11-13)18(23)21-12-2-5-15(19)17(10-12)28(24,25)22-6-8-27-9-7-22/h2-5,10-11H,6-9H2,1H3,(H,21,23). The van der Waals surface area contributed by atoms with E-state index in [0.29, 0.717) is 0 Å². The predicted octanol–water partition coefficient (Wildman–Crippen LogP) is 2.25. The summed E-state index contributed by atoms with van der Waals surface area (Å²) in [5, 5.41) is 2.39. The summed E-state index contributed by atoms with van der Waals surface area (Å²) in [5.41, 5.74) is -0.240. The van der Waals surface area contributed by atoms with Crippen molar-refractivity contribution in [1.29, 1.82) is 0 Å². The lowest BCUT2D eigenvalue weighted by atomic mass is 10.2. The maximum absolute atomic E-state index is 14.2. The molecule has 7 nitrogen and oxygen atoms in total. The molecule has 0 saturated carbocycles. The zero-order valence-corrected chi connectivity index (χ0v) is 15.8. The summed E-state index contributed by atoms with van der Waals surface area (Å²) >= 11 is 0. The number of rotatable bonds is 5. The van der Waals surface area contributed by atoms with Crippen LogP contribution in [0.25, 0.3) is 0 Å². The fraction of sp³-hybridized carbons (Fsp3) is 0.278. The first kappa shape index (κ1) is 20.2. The van der Waals surface area contributed by atoms with Gasteiger partial charge in [-0.15, -0.1) is 0 Å². The van der Waals surface area contributed by atoms with E-state index in [1.165, 1.54) is 25.3 Å². The molecule has 1 aliphatic rings. The van der Waals surface area contributed by atoms with E-state index < -0.39 is 32.5 Å². The van der Waals surface area contributed by atoms with Gasteiger partial charge in [0.05, 0.1) is 25.9 Å². The Bertz CT molecular complexity index is 991. The van der Waals surface area contributed by atoms with E-state index in [1.54, 1.807) is 0 Å². The van der Waals surface area contributed by atoms with Gasteiger partial charge in [-0.1, -0.05) is 0 Å². The van der Waals surface area contributed by atoms with E-state index in [1.807, 2.05) is 0 Å². The highest BCUT2D eigenvalue weighted by atomic mass is 32.2. The molecule has 0 aromatic heterocycles. The van der Waals surface area contributed by atoms with Crippen LogP contribution in [0.5, 0.6) is 5.75 Å². The van der Waals surface area contributed by atoms with E-state index in [-0.39, 0.29) is 43.3 Å². The number of nitrogens with one attached hydrogen (secondary N) is 1. The molecule has 0 aliphatic carbocycles. The van der Waals surface area contributed by atoms with Crippen LogP contribution in [0, 0.1) is 11.6 Å². The van der Waals surface area contributed by atoms with Gasteiger partial charge >= 0.3 is 0 Å². The van der Waals surface area contributed by atoms with Crippen molar-refractivity contribution in [1.82, 2.24) is 4.31 Å². The molecule has 10 heteroatoms. The molecular formula is C18H18F2N2O5S. The molecule has 1 fully saturated rings. The van der Waals surface area contributed by atoms with Crippen LogP contribution in [-0.2, 0) is 14.8 Å². The molecule has 0 bridgehead atoms. The molecule has 28 heavy (non-hydrogen) atoms. The minimum Gasteiger partial charge on any atom is -0.497 e. The zero-order chi connectivity index (χ0) is 20.3. The fourth-order valence-corrected chi connectivity index (χ4v) is 4.21. The third-order valence-corrected chi connectivity index (χ3v) is 6.11. The molecule has 1 saturated heterocycles. The van der Waals surface area contributed by atoms with Crippen LogP contribution in [0.1, 0.15) is 10.4 Å².